The molecule has 0 spiro atoms. The van der Waals surface area contributed by atoms with E-state index in [1.165, 1.54) is 33.4 Å². The Balaban J connectivity index is 1.16. The predicted octanol–water partition coefficient (Wildman–Crippen LogP) is 7.89. The molecule has 1 amide bonds. The van der Waals surface area contributed by atoms with Gasteiger partial charge < -0.3 is 9.84 Å². The van der Waals surface area contributed by atoms with Crippen LogP contribution < -0.4 is 9.64 Å². The first-order chi connectivity index (χ1) is 23.0. The number of nitrogens with zero attached hydrogens (tertiary/aromatic N) is 4. The first kappa shape index (κ1) is 30.3. The van der Waals surface area contributed by atoms with Crippen LogP contribution in [-0.2, 0) is 21.9 Å². The number of carbonyl (C=O) groups is 2. The molecule has 1 saturated heterocycles. The number of fused-ring (bicyclic) bond motifs is 1. The molecule has 6 aromatic rings. The Hall–Kier alpha value is -5.32. The van der Waals surface area contributed by atoms with Crippen LogP contribution in [0.5, 0.6) is 5.75 Å². The van der Waals surface area contributed by atoms with E-state index in [0.717, 1.165) is 22.1 Å². The molecule has 1 aliphatic rings. The number of hydrogen-bond donors (Lipinski definition) is 1. The zero-order valence-corrected chi connectivity index (χ0v) is 26.9. The van der Waals surface area contributed by atoms with Crippen LogP contribution >= 0.6 is 23.1 Å². The third-order valence-electron chi connectivity index (χ3n) is 7.91. The van der Waals surface area contributed by atoms with Gasteiger partial charge in [-0.05, 0) is 70.8 Å². The van der Waals surface area contributed by atoms with Gasteiger partial charge in [-0.1, -0.05) is 95.4 Å². The molecular weight excluding hydrogens is 629 g/mol. The Labute approximate surface area is 279 Å². The molecule has 2 aromatic heterocycles. The Morgan fingerprint density at radius 3 is 2.49 bits per heavy atom. The topological polar surface area (TPSA) is 106 Å². The van der Waals surface area contributed by atoms with Crippen molar-refractivity contribution in [2.75, 3.05) is 4.90 Å². The molecule has 3 heterocycles. The summed E-state index contributed by atoms with van der Waals surface area (Å²) in [5.41, 5.74) is 4.31. The summed E-state index contributed by atoms with van der Waals surface area (Å²) in [4.78, 5) is 32.6. The molecule has 1 atom stereocenters. The summed E-state index contributed by atoms with van der Waals surface area (Å²) < 4.78 is 6.59. The lowest BCUT2D eigenvalue weighted by Gasteiger charge is -2.22. The zero-order chi connectivity index (χ0) is 32.3. The van der Waals surface area contributed by atoms with Crippen molar-refractivity contribution in [3.8, 4) is 5.75 Å². The van der Waals surface area contributed by atoms with E-state index in [9.17, 15) is 14.7 Å². The zero-order valence-electron chi connectivity index (χ0n) is 25.2. The van der Waals surface area contributed by atoms with Crippen LogP contribution in [0.3, 0.4) is 0 Å². The average Bonchev–Trinajstić information content (AvgIpc) is 3.68. The van der Waals surface area contributed by atoms with Crippen LogP contribution in [0.2, 0.25) is 0 Å². The highest BCUT2D eigenvalue weighted by atomic mass is 32.2. The van der Waals surface area contributed by atoms with Crippen molar-refractivity contribution in [3.05, 3.63) is 149 Å². The molecule has 7 rings (SSSR count). The van der Waals surface area contributed by atoms with E-state index in [4.69, 9.17) is 4.74 Å². The summed E-state index contributed by atoms with van der Waals surface area (Å²) in [7, 11) is 0. The van der Waals surface area contributed by atoms with E-state index in [-0.39, 0.29) is 16.5 Å². The molecular formula is C37H28N4O4S2. The lowest BCUT2D eigenvalue weighted by Crippen LogP contribution is -2.29. The van der Waals surface area contributed by atoms with Gasteiger partial charge in [-0.15, -0.1) is 10.2 Å². The van der Waals surface area contributed by atoms with Crippen LogP contribution in [0.4, 0.5) is 5.13 Å². The van der Waals surface area contributed by atoms with Gasteiger partial charge in [-0.25, -0.2) is 0 Å². The molecule has 0 aliphatic carbocycles. The number of amides is 1. The van der Waals surface area contributed by atoms with Crippen molar-refractivity contribution in [1.82, 2.24) is 15.2 Å². The van der Waals surface area contributed by atoms with E-state index in [1.54, 1.807) is 48.8 Å². The Bertz CT molecular complexity index is 2120. The van der Waals surface area contributed by atoms with Gasteiger partial charge in [-0.3, -0.25) is 19.5 Å². The number of thioether (sulfide) groups is 1. The number of ketones is 1. The number of Topliss-reactive ketones (excluding diaryl/α,β-unsaturated/α-hetero) is 1. The molecule has 10 heteroatoms. The number of aliphatic hydroxyl groups excluding tert-OH is 1. The van der Waals surface area contributed by atoms with Crippen molar-refractivity contribution < 1.29 is 19.4 Å². The van der Waals surface area contributed by atoms with Crippen LogP contribution in [0.1, 0.15) is 33.9 Å². The predicted molar refractivity (Wildman–Crippen MR) is 184 cm³/mol. The van der Waals surface area contributed by atoms with Crippen LogP contribution in [0.15, 0.2) is 125 Å². The van der Waals surface area contributed by atoms with Gasteiger partial charge in [0, 0.05) is 23.7 Å². The van der Waals surface area contributed by atoms with E-state index < -0.39 is 17.7 Å². The second-order valence-corrected chi connectivity index (χ2v) is 13.2. The van der Waals surface area contributed by atoms with Gasteiger partial charge in [-0.2, -0.15) is 0 Å². The number of aliphatic hydroxyl groups is 1. The van der Waals surface area contributed by atoms with Gasteiger partial charge in [0.05, 0.1) is 11.6 Å². The highest BCUT2D eigenvalue weighted by molar-refractivity contribution is 8.00. The summed E-state index contributed by atoms with van der Waals surface area (Å²) in [5.74, 6) is -0.602. The number of aromatic nitrogens is 3. The maximum absolute atomic E-state index is 13.6. The van der Waals surface area contributed by atoms with Gasteiger partial charge in [0.15, 0.2) is 4.34 Å². The van der Waals surface area contributed by atoms with Crippen molar-refractivity contribution in [3.63, 3.8) is 0 Å². The van der Waals surface area contributed by atoms with Crippen LogP contribution in [0, 0.1) is 6.92 Å². The smallest absolute Gasteiger partial charge is 0.301 e. The fraction of sp³-hybridized carbons (Fsp3) is 0.108. The number of pyridine rings is 1. The molecule has 0 radical (unpaired) electrons. The number of ether oxygens (including phenoxy) is 1. The van der Waals surface area contributed by atoms with E-state index in [1.807, 2.05) is 43.3 Å². The molecule has 4 aromatic carbocycles. The van der Waals surface area contributed by atoms with E-state index in [2.05, 4.69) is 45.5 Å². The SMILES string of the molecule is Cc1cccc(COc2ccc(/C(O)=C3\C(=O)C(=O)N(c4nnc(SCc5cccc6ccccc56)s4)C3c3ccncc3)cc2)c1. The summed E-state index contributed by atoms with van der Waals surface area (Å²) in [6, 6.07) is 31.8. The van der Waals surface area contributed by atoms with Crippen molar-refractivity contribution in [2.45, 2.75) is 29.7 Å². The van der Waals surface area contributed by atoms with Crippen molar-refractivity contribution in [2.24, 2.45) is 0 Å². The molecule has 8 nitrogen and oxygen atoms in total. The van der Waals surface area contributed by atoms with Crippen molar-refractivity contribution in [1.29, 1.82) is 0 Å². The summed E-state index contributed by atoms with van der Waals surface area (Å²) in [6.45, 7) is 2.42. The Kier molecular flexibility index (Phi) is 8.52. The van der Waals surface area contributed by atoms with Gasteiger partial charge >= 0.3 is 5.91 Å². The number of anilines is 1. The molecule has 232 valence electrons. The Morgan fingerprint density at radius 1 is 0.915 bits per heavy atom. The minimum Gasteiger partial charge on any atom is -0.507 e. The van der Waals surface area contributed by atoms with Crippen molar-refractivity contribution >= 4 is 56.5 Å². The molecule has 0 bridgehead atoms. The van der Waals surface area contributed by atoms with Crippen LogP contribution in [-0.4, -0.2) is 32.0 Å². The quantitative estimate of drug-likeness (QED) is 0.0551. The maximum atomic E-state index is 13.6. The van der Waals surface area contributed by atoms with Crippen LogP contribution in [0.25, 0.3) is 16.5 Å². The molecule has 0 saturated carbocycles. The lowest BCUT2D eigenvalue weighted by atomic mass is 9.96. The highest BCUT2D eigenvalue weighted by Crippen LogP contribution is 2.44. The van der Waals surface area contributed by atoms with E-state index in [0.29, 0.717) is 33.6 Å². The van der Waals surface area contributed by atoms with Gasteiger partial charge in [0.2, 0.25) is 5.13 Å². The third kappa shape index (κ3) is 6.25. The number of benzene rings is 4. The van der Waals surface area contributed by atoms with E-state index >= 15 is 0 Å². The number of rotatable bonds is 9. The maximum Gasteiger partial charge on any atom is 0.301 e. The number of hydrogen-bond acceptors (Lipinski definition) is 9. The molecule has 1 fully saturated rings. The average molecular weight is 657 g/mol. The standard InChI is InChI=1S/C37H28N4O4S2/c1-23-6-4-7-24(20-23)21-45-29-14-12-27(13-15-29)33(42)31-32(26-16-18-38-19-17-26)41(35(44)34(31)43)36-39-40-37(47-36)46-22-28-10-5-9-25-8-2-3-11-30(25)28/h2-20,32,42H,21-22H2,1H3/b33-31+. The normalized spacial score (nSPS) is 15.8. The monoisotopic (exact) mass is 656 g/mol. The number of carbonyl (C=O) groups excluding carboxylic acids is 2. The summed E-state index contributed by atoms with van der Waals surface area (Å²) in [6.07, 6.45) is 3.17. The minimum atomic E-state index is -0.917. The molecule has 1 aliphatic heterocycles. The minimum absolute atomic E-state index is 0.0326. The highest BCUT2D eigenvalue weighted by Gasteiger charge is 2.48. The fourth-order valence-corrected chi connectivity index (χ4v) is 7.51. The molecule has 47 heavy (non-hydrogen) atoms. The molecule has 1 N–H and O–H groups in total. The first-order valence-corrected chi connectivity index (χ1v) is 16.7. The van der Waals surface area contributed by atoms with Gasteiger partial charge in [0.25, 0.3) is 5.78 Å². The lowest BCUT2D eigenvalue weighted by molar-refractivity contribution is -0.132. The third-order valence-corrected chi connectivity index (χ3v) is 10.0. The molecule has 1 unspecified atom stereocenters. The largest absolute Gasteiger partial charge is 0.507 e. The summed E-state index contributed by atoms with van der Waals surface area (Å²) in [5, 5.41) is 22.8. The Morgan fingerprint density at radius 2 is 1.68 bits per heavy atom. The number of aryl methyl sites for hydroxylation is 1. The summed E-state index contributed by atoms with van der Waals surface area (Å²) >= 11 is 2.75. The second-order valence-electron chi connectivity index (χ2n) is 11.0. The first-order valence-electron chi connectivity index (χ1n) is 14.9. The fourth-order valence-electron chi connectivity index (χ4n) is 5.64. The second kappa shape index (κ2) is 13.2. The van der Waals surface area contributed by atoms with Gasteiger partial charge in [0.1, 0.15) is 18.1 Å².